The Morgan fingerprint density at radius 2 is 1.93 bits per heavy atom. The number of H-pyrrole nitrogens is 1. The highest BCUT2D eigenvalue weighted by molar-refractivity contribution is 5.83. The van der Waals surface area contributed by atoms with Crippen LogP contribution in [0.2, 0.25) is 0 Å². The molecule has 0 saturated heterocycles. The number of ether oxygens (including phenoxy) is 2. The molecule has 3 aromatic rings. The molecule has 3 rings (SSSR count). The van der Waals surface area contributed by atoms with E-state index in [0.717, 1.165) is 25.2 Å². The first kappa shape index (κ1) is 19.7. The van der Waals surface area contributed by atoms with Gasteiger partial charge in [0.2, 0.25) is 0 Å². The van der Waals surface area contributed by atoms with E-state index in [2.05, 4.69) is 70.2 Å². The topological polar surface area (TPSA) is 54.6 Å². The van der Waals surface area contributed by atoms with Gasteiger partial charge in [-0.15, -0.1) is 0 Å². The number of fused-ring (bicyclic) bond motifs is 1. The highest BCUT2D eigenvalue weighted by atomic mass is 16.7. The third-order valence-corrected chi connectivity index (χ3v) is 4.56. The molecule has 0 bridgehead atoms. The van der Waals surface area contributed by atoms with Gasteiger partial charge in [0.25, 0.3) is 0 Å². The molecule has 0 radical (unpaired) electrons. The number of nitrogens with zero attached hydrogens (tertiary/aromatic N) is 1. The molecule has 1 aromatic heterocycles. The maximum Gasteiger partial charge on any atom is 0.508 e. The molecule has 0 aliphatic rings. The van der Waals surface area contributed by atoms with Crippen LogP contribution in [0.15, 0.2) is 66.9 Å². The lowest BCUT2D eigenvalue weighted by Gasteiger charge is -2.21. The van der Waals surface area contributed by atoms with Crippen LogP contribution in [-0.2, 0) is 22.6 Å². The normalized spacial score (nSPS) is 11.4. The molecule has 0 spiro atoms. The zero-order chi connectivity index (χ0) is 19.8. The summed E-state index contributed by atoms with van der Waals surface area (Å²) in [6.45, 7) is 4.72. The van der Waals surface area contributed by atoms with Crippen LogP contribution in [0.5, 0.6) is 0 Å². The highest BCUT2D eigenvalue weighted by Crippen LogP contribution is 2.22. The fourth-order valence-electron chi connectivity index (χ4n) is 3.16. The van der Waals surface area contributed by atoms with Crippen LogP contribution >= 0.6 is 0 Å². The smallest absolute Gasteiger partial charge is 0.438 e. The van der Waals surface area contributed by atoms with Crippen molar-refractivity contribution in [3.63, 3.8) is 0 Å². The Hall–Kier alpha value is -3.05. The average molecular weight is 378 g/mol. The first-order valence-electron chi connectivity index (χ1n) is 9.34. The van der Waals surface area contributed by atoms with Crippen molar-refractivity contribution in [1.82, 2.24) is 9.88 Å². The monoisotopic (exact) mass is 378 g/mol. The van der Waals surface area contributed by atoms with Crippen molar-refractivity contribution in [3.05, 3.63) is 83.6 Å². The van der Waals surface area contributed by atoms with Crippen molar-refractivity contribution in [2.45, 2.75) is 20.0 Å². The summed E-state index contributed by atoms with van der Waals surface area (Å²) in [7, 11) is 1.30. The number of methoxy groups -OCH3 is 1. The van der Waals surface area contributed by atoms with E-state index in [9.17, 15) is 4.79 Å². The van der Waals surface area contributed by atoms with Crippen molar-refractivity contribution in [2.24, 2.45) is 0 Å². The largest absolute Gasteiger partial charge is 0.508 e. The van der Waals surface area contributed by atoms with E-state index in [0.29, 0.717) is 0 Å². The minimum atomic E-state index is -0.667. The van der Waals surface area contributed by atoms with Gasteiger partial charge in [0.05, 0.1) is 7.11 Å². The predicted molar refractivity (Wildman–Crippen MR) is 111 cm³/mol. The minimum absolute atomic E-state index is 0.206. The molecule has 0 aliphatic carbocycles. The fourth-order valence-corrected chi connectivity index (χ4v) is 3.16. The van der Waals surface area contributed by atoms with Gasteiger partial charge >= 0.3 is 6.16 Å². The Labute approximate surface area is 165 Å². The van der Waals surface area contributed by atoms with Crippen molar-refractivity contribution in [3.8, 4) is 0 Å². The first-order chi connectivity index (χ1) is 13.7. The molecule has 0 saturated carbocycles. The molecular weight excluding hydrogens is 352 g/mol. The second kappa shape index (κ2) is 9.76. The van der Waals surface area contributed by atoms with Crippen molar-refractivity contribution in [2.75, 3.05) is 20.3 Å². The molecule has 28 heavy (non-hydrogen) atoms. The number of nitrogens with one attached hydrogen (secondary N) is 1. The lowest BCUT2D eigenvalue weighted by Crippen LogP contribution is -2.23. The zero-order valence-electron chi connectivity index (χ0n) is 16.4. The average Bonchev–Trinajstić information content (AvgIpc) is 3.10. The van der Waals surface area contributed by atoms with Gasteiger partial charge in [-0.3, -0.25) is 4.90 Å². The number of carbonyl (C=O) groups excluding carboxylic acids is 1. The molecule has 0 aliphatic heterocycles. The molecule has 0 atom stereocenters. The van der Waals surface area contributed by atoms with Gasteiger partial charge in [-0.05, 0) is 36.3 Å². The standard InChI is InChI=1S/C23H26N2O3/c1-18-10-11-22-21(14-18)20(15-24-22)17-25(16-19-8-4-3-5-9-19)12-6-7-13-28-23(26)27-2/h3-11,14-15,24H,12-13,16-17H2,1-2H3/b7-6+. The third-order valence-electron chi connectivity index (χ3n) is 4.56. The number of hydrogen-bond donors (Lipinski definition) is 1. The number of aromatic amines is 1. The predicted octanol–water partition coefficient (Wildman–Crippen LogP) is 4.82. The summed E-state index contributed by atoms with van der Waals surface area (Å²) < 4.78 is 9.37. The molecule has 5 nitrogen and oxygen atoms in total. The summed E-state index contributed by atoms with van der Waals surface area (Å²) in [5, 5.41) is 1.26. The SMILES string of the molecule is COC(=O)OC/C=C/CN(Cc1ccccc1)Cc1c[nH]c2ccc(C)cc12. The van der Waals surface area contributed by atoms with Crippen LogP contribution in [0.1, 0.15) is 16.7 Å². The maximum atomic E-state index is 11.0. The van der Waals surface area contributed by atoms with E-state index in [4.69, 9.17) is 4.74 Å². The van der Waals surface area contributed by atoms with Gasteiger partial charge in [0, 0.05) is 36.7 Å². The van der Waals surface area contributed by atoms with E-state index in [1.54, 1.807) is 0 Å². The van der Waals surface area contributed by atoms with Gasteiger partial charge in [-0.25, -0.2) is 4.79 Å². The molecule has 0 fully saturated rings. The van der Waals surface area contributed by atoms with E-state index in [-0.39, 0.29) is 6.61 Å². The molecule has 0 unspecified atom stereocenters. The number of aryl methyl sites for hydroxylation is 1. The minimum Gasteiger partial charge on any atom is -0.438 e. The quantitative estimate of drug-likeness (QED) is 0.451. The molecule has 1 N–H and O–H groups in total. The van der Waals surface area contributed by atoms with Gasteiger partial charge in [-0.1, -0.05) is 48.0 Å². The molecule has 0 amide bonds. The van der Waals surface area contributed by atoms with Crippen LogP contribution < -0.4 is 0 Å². The van der Waals surface area contributed by atoms with Gasteiger partial charge in [-0.2, -0.15) is 0 Å². The Morgan fingerprint density at radius 1 is 1.11 bits per heavy atom. The summed E-state index contributed by atoms with van der Waals surface area (Å²) in [5.41, 5.74) is 4.94. The van der Waals surface area contributed by atoms with Crippen LogP contribution in [0.3, 0.4) is 0 Å². The van der Waals surface area contributed by atoms with E-state index in [1.165, 1.54) is 29.2 Å². The molecule has 1 heterocycles. The van der Waals surface area contributed by atoms with E-state index < -0.39 is 6.16 Å². The fraction of sp³-hybridized carbons (Fsp3) is 0.261. The van der Waals surface area contributed by atoms with E-state index in [1.807, 2.05) is 18.2 Å². The second-order valence-corrected chi connectivity index (χ2v) is 6.75. The Kier molecular flexibility index (Phi) is 6.87. The number of aromatic nitrogens is 1. The Balaban J connectivity index is 1.70. The molecular formula is C23H26N2O3. The van der Waals surface area contributed by atoms with Gasteiger partial charge < -0.3 is 14.5 Å². The van der Waals surface area contributed by atoms with E-state index >= 15 is 0 Å². The number of carbonyl (C=O) groups is 1. The maximum absolute atomic E-state index is 11.0. The van der Waals surface area contributed by atoms with Gasteiger partial charge in [0.15, 0.2) is 0 Å². The number of hydrogen-bond acceptors (Lipinski definition) is 4. The van der Waals surface area contributed by atoms with Crippen molar-refractivity contribution in [1.29, 1.82) is 0 Å². The van der Waals surface area contributed by atoms with Crippen LogP contribution in [0, 0.1) is 6.92 Å². The van der Waals surface area contributed by atoms with Gasteiger partial charge in [0.1, 0.15) is 6.61 Å². The molecule has 5 heteroatoms. The number of benzene rings is 2. The lowest BCUT2D eigenvalue weighted by molar-refractivity contribution is 0.0817. The summed E-state index contributed by atoms with van der Waals surface area (Å²) in [5.74, 6) is 0. The van der Waals surface area contributed by atoms with Crippen LogP contribution in [0.4, 0.5) is 4.79 Å². The highest BCUT2D eigenvalue weighted by Gasteiger charge is 2.10. The van der Waals surface area contributed by atoms with Crippen LogP contribution in [-0.4, -0.2) is 36.3 Å². The Morgan fingerprint density at radius 3 is 2.71 bits per heavy atom. The molecule has 2 aromatic carbocycles. The summed E-state index contributed by atoms with van der Waals surface area (Å²) in [6, 6.07) is 16.9. The van der Waals surface area contributed by atoms with Crippen LogP contribution in [0.25, 0.3) is 10.9 Å². The third kappa shape index (κ3) is 5.47. The summed E-state index contributed by atoms with van der Waals surface area (Å²) >= 11 is 0. The second-order valence-electron chi connectivity index (χ2n) is 6.75. The lowest BCUT2D eigenvalue weighted by atomic mass is 10.1. The molecule has 146 valence electrons. The summed E-state index contributed by atoms with van der Waals surface area (Å²) in [4.78, 5) is 16.7. The zero-order valence-corrected chi connectivity index (χ0v) is 16.4. The summed E-state index contributed by atoms with van der Waals surface area (Å²) in [6.07, 6.45) is 5.28. The Bertz CT molecular complexity index is 931. The van der Waals surface area contributed by atoms with Crippen molar-refractivity contribution < 1.29 is 14.3 Å². The first-order valence-corrected chi connectivity index (χ1v) is 9.34. The van der Waals surface area contributed by atoms with Crippen molar-refractivity contribution >= 4 is 17.1 Å². The number of rotatable bonds is 8.